The molecule has 2 heterocycles. The van der Waals surface area contributed by atoms with Gasteiger partial charge in [0.25, 0.3) is 0 Å². The fourth-order valence-electron chi connectivity index (χ4n) is 2.54. The van der Waals surface area contributed by atoms with Gasteiger partial charge in [-0.05, 0) is 43.9 Å². The van der Waals surface area contributed by atoms with E-state index in [2.05, 4.69) is 44.5 Å². The average Bonchev–Trinajstić information content (AvgIpc) is 3.01. The van der Waals surface area contributed by atoms with E-state index in [-0.39, 0.29) is 0 Å². The Morgan fingerprint density at radius 2 is 1.65 bits per heavy atom. The first-order valence-corrected chi connectivity index (χ1v) is 7.08. The minimum absolute atomic E-state index is 0.954. The highest BCUT2D eigenvalue weighted by atomic mass is 15.4. The van der Waals surface area contributed by atoms with Gasteiger partial charge in [0.05, 0.1) is 5.71 Å². The SMILES string of the molecule is C/C(=N/n1cnnc1)c1ccc(N2CCCCC2)cc1. The summed E-state index contributed by atoms with van der Waals surface area (Å²) in [6.45, 7) is 4.34. The molecule has 0 spiro atoms. The quantitative estimate of drug-likeness (QED) is 0.804. The van der Waals surface area contributed by atoms with Crippen molar-refractivity contribution in [1.82, 2.24) is 14.9 Å². The third-order valence-corrected chi connectivity index (χ3v) is 3.68. The zero-order chi connectivity index (χ0) is 13.8. The molecule has 0 aliphatic carbocycles. The van der Waals surface area contributed by atoms with E-state index in [0.717, 1.165) is 11.3 Å². The van der Waals surface area contributed by atoms with Crippen molar-refractivity contribution in [2.24, 2.45) is 5.10 Å². The Hall–Kier alpha value is -2.17. The highest BCUT2D eigenvalue weighted by Gasteiger charge is 2.10. The first kappa shape index (κ1) is 12.8. The number of piperidine rings is 1. The summed E-state index contributed by atoms with van der Waals surface area (Å²) in [5.41, 5.74) is 3.39. The Balaban J connectivity index is 1.75. The maximum absolute atomic E-state index is 4.43. The molecule has 20 heavy (non-hydrogen) atoms. The van der Waals surface area contributed by atoms with Crippen LogP contribution in [0.4, 0.5) is 5.69 Å². The number of hydrogen-bond donors (Lipinski definition) is 0. The molecule has 1 aliphatic heterocycles. The maximum atomic E-state index is 4.43. The van der Waals surface area contributed by atoms with Crippen LogP contribution < -0.4 is 4.90 Å². The molecular formula is C15H19N5. The molecule has 0 unspecified atom stereocenters. The second kappa shape index (κ2) is 5.86. The van der Waals surface area contributed by atoms with Crippen LogP contribution in [0.3, 0.4) is 0 Å². The largest absolute Gasteiger partial charge is 0.372 e. The summed E-state index contributed by atoms with van der Waals surface area (Å²) in [7, 11) is 0. The van der Waals surface area contributed by atoms with Crippen molar-refractivity contribution in [2.75, 3.05) is 18.0 Å². The third-order valence-electron chi connectivity index (χ3n) is 3.68. The second-order valence-electron chi connectivity index (χ2n) is 5.12. The van der Waals surface area contributed by atoms with Crippen LogP contribution in [-0.2, 0) is 0 Å². The Morgan fingerprint density at radius 3 is 2.30 bits per heavy atom. The van der Waals surface area contributed by atoms with Gasteiger partial charge in [0.1, 0.15) is 12.7 Å². The van der Waals surface area contributed by atoms with Gasteiger partial charge in [-0.3, -0.25) is 0 Å². The highest BCUT2D eigenvalue weighted by molar-refractivity contribution is 5.98. The molecule has 0 radical (unpaired) electrons. The standard InChI is InChI=1S/C15H19N5/c1-13(18-20-11-16-17-12-20)14-5-7-15(8-6-14)19-9-3-2-4-10-19/h5-8,11-12H,2-4,9-10H2,1H3/b18-13-. The van der Waals surface area contributed by atoms with E-state index in [9.17, 15) is 0 Å². The predicted molar refractivity (Wildman–Crippen MR) is 80.1 cm³/mol. The maximum Gasteiger partial charge on any atom is 0.141 e. The lowest BCUT2D eigenvalue weighted by Gasteiger charge is -2.28. The zero-order valence-corrected chi connectivity index (χ0v) is 11.7. The molecule has 5 nitrogen and oxygen atoms in total. The van der Waals surface area contributed by atoms with Gasteiger partial charge in [-0.25, -0.2) is 4.68 Å². The molecule has 0 atom stereocenters. The monoisotopic (exact) mass is 269 g/mol. The van der Waals surface area contributed by atoms with E-state index in [1.165, 1.54) is 38.0 Å². The topological polar surface area (TPSA) is 46.3 Å². The summed E-state index contributed by atoms with van der Waals surface area (Å²) < 4.78 is 1.62. The van der Waals surface area contributed by atoms with Crippen LogP contribution in [0.25, 0.3) is 0 Å². The minimum Gasteiger partial charge on any atom is -0.372 e. The molecule has 104 valence electrons. The molecule has 3 rings (SSSR count). The smallest absolute Gasteiger partial charge is 0.141 e. The fraction of sp³-hybridized carbons (Fsp3) is 0.400. The summed E-state index contributed by atoms with van der Waals surface area (Å²) in [5, 5.41) is 11.9. The summed E-state index contributed by atoms with van der Waals surface area (Å²) in [6, 6.07) is 8.64. The van der Waals surface area contributed by atoms with E-state index in [0.29, 0.717) is 0 Å². The van der Waals surface area contributed by atoms with Crippen LogP contribution in [-0.4, -0.2) is 33.7 Å². The van der Waals surface area contributed by atoms with Crippen LogP contribution >= 0.6 is 0 Å². The minimum atomic E-state index is 0.954. The first-order valence-electron chi connectivity index (χ1n) is 7.08. The van der Waals surface area contributed by atoms with Crippen molar-refractivity contribution >= 4 is 11.4 Å². The van der Waals surface area contributed by atoms with E-state index >= 15 is 0 Å². The van der Waals surface area contributed by atoms with E-state index in [1.807, 2.05) is 6.92 Å². The van der Waals surface area contributed by atoms with Crippen LogP contribution in [0.5, 0.6) is 0 Å². The lowest BCUT2D eigenvalue weighted by atomic mass is 10.1. The summed E-state index contributed by atoms with van der Waals surface area (Å²) in [4.78, 5) is 2.46. The van der Waals surface area contributed by atoms with Crippen molar-refractivity contribution in [3.8, 4) is 0 Å². The van der Waals surface area contributed by atoms with Gasteiger partial charge >= 0.3 is 0 Å². The van der Waals surface area contributed by atoms with Crippen LogP contribution in [0.15, 0.2) is 42.0 Å². The Kier molecular flexibility index (Phi) is 3.76. The third kappa shape index (κ3) is 2.87. The number of benzene rings is 1. The average molecular weight is 269 g/mol. The molecule has 0 bridgehead atoms. The van der Waals surface area contributed by atoms with Gasteiger partial charge in [-0.1, -0.05) is 12.1 Å². The van der Waals surface area contributed by atoms with Gasteiger partial charge in [-0.15, -0.1) is 10.2 Å². The fourth-order valence-corrected chi connectivity index (χ4v) is 2.54. The zero-order valence-electron chi connectivity index (χ0n) is 11.7. The lowest BCUT2D eigenvalue weighted by Crippen LogP contribution is -2.29. The van der Waals surface area contributed by atoms with Gasteiger partial charge in [0.15, 0.2) is 0 Å². The molecule has 1 saturated heterocycles. The van der Waals surface area contributed by atoms with Gasteiger partial charge in [-0.2, -0.15) is 5.10 Å². The molecule has 1 aromatic carbocycles. The van der Waals surface area contributed by atoms with Crippen LogP contribution in [0.2, 0.25) is 0 Å². The summed E-state index contributed by atoms with van der Waals surface area (Å²) >= 11 is 0. The van der Waals surface area contributed by atoms with Crippen LogP contribution in [0.1, 0.15) is 31.7 Å². The van der Waals surface area contributed by atoms with E-state index in [1.54, 1.807) is 17.3 Å². The van der Waals surface area contributed by atoms with Crippen molar-refractivity contribution in [3.63, 3.8) is 0 Å². The Labute approximate surface area is 118 Å². The normalized spacial score (nSPS) is 16.4. The van der Waals surface area contributed by atoms with Gasteiger partial charge in [0.2, 0.25) is 0 Å². The molecule has 1 aliphatic rings. The van der Waals surface area contributed by atoms with Crippen LogP contribution in [0, 0.1) is 0 Å². The lowest BCUT2D eigenvalue weighted by molar-refractivity contribution is 0.578. The van der Waals surface area contributed by atoms with Crippen molar-refractivity contribution in [2.45, 2.75) is 26.2 Å². The molecule has 5 heteroatoms. The van der Waals surface area contributed by atoms with Gasteiger partial charge in [0, 0.05) is 18.8 Å². The molecule has 2 aromatic rings. The molecular weight excluding hydrogens is 250 g/mol. The van der Waals surface area contributed by atoms with Gasteiger partial charge < -0.3 is 4.90 Å². The number of anilines is 1. The second-order valence-corrected chi connectivity index (χ2v) is 5.12. The van der Waals surface area contributed by atoms with Crippen molar-refractivity contribution < 1.29 is 0 Å². The first-order chi connectivity index (χ1) is 9.83. The number of nitrogens with zero attached hydrogens (tertiary/aromatic N) is 5. The van der Waals surface area contributed by atoms with Crippen molar-refractivity contribution in [3.05, 3.63) is 42.5 Å². The number of hydrogen-bond acceptors (Lipinski definition) is 4. The molecule has 1 aromatic heterocycles. The van der Waals surface area contributed by atoms with E-state index < -0.39 is 0 Å². The summed E-state index contributed by atoms with van der Waals surface area (Å²) in [6.07, 6.45) is 7.14. The predicted octanol–water partition coefficient (Wildman–Crippen LogP) is 2.54. The molecule has 0 amide bonds. The molecule has 0 N–H and O–H groups in total. The summed E-state index contributed by atoms with van der Waals surface area (Å²) in [5.74, 6) is 0. The highest BCUT2D eigenvalue weighted by Crippen LogP contribution is 2.20. The Morgan fingerprint density at radius 1 is 1.00 bits per heavy atom. The number of rotatable bonds is 3. The van der Waals surface area contributed by atoms with Crippen molar-refractivity contribution in [1.29, 1.82) is 0 Å². The molecule has 0 saturated carbocycles. The van der Waals surface area contributed by atoms with E-state index in [4.69, 9.17) is 0 Å². The number of aromatic nitrogens is 3. The molecule has 1 fully saturated rings. The Bertz CT molecular complexity index is 565.